The minimum atomic E-state index is -3.76. The summed E-state index contributed by atoms with van der Waals surface area (Å²) in [6.07, 6.45) is 0.379. The summed E-state index contributed by atoms with van der Waals surface area (Å²) in [7, 11) is -3.76. The van der Waals surface area contributed by atoms with Gasteiger partial charge in [-0.15, -0.1) is 0 Å². The van der Waals surface area contributed by atoms with Crippen molar-refractivity contribution in [1.82, 2.24) is 4.57 Å². The first kappa shape index (κ1) is 18.7. The van der Waals surface area contributed by atoms with Crippen molar-refractivity contribution in [2.24, 2.45) is 0 Å². The number of sulfone groups is 1. The number of halogens is 1. The van der Waals surface area contributed by atoms with Gasteiger partial charge in [-0.2, -0.15) is 0 Å². The second kappa shape index (κ2) is 7.09. The third-order valence-electron chi connectivity index (χ3n) is 4.64. The third kappa shape index (κ3) is 3.22. The molecule has 8 heteroatoms. The highest BCUT2D eigenvalue weighted by atomic mass is 35.5. The highest BCUT2D eigenvalue weighted by Crippen LogP contribution is 2.37. The van der Waals surface area contributed by atoms with E-state index >= 15 is 0 Å². The smallest absolute Gasteiger partial charge is 0.251 e. The molecule has 2 atom stereocenters. The summed E-state index contributed by atoms with van der Waals surface area (Å²) < 4.78 is 32.8. The summed E-state index contributed by atoms with van der Waals surface area (Å²) in [6, 6.07) is 14.4. The van der Waals surface area contributed by atoms with Gasteiger partial charge >= 0.3 is 0 Å². The predicted molar refractivity (Wildman–Crippen MR) is 104 cm³/mol. The van der Waals surface area contributed by atoms with Gasteiger partial charge in [0.2, 0.25) is 9.84 Å². The first-order valence-electron chi connectivity index (χ1n) is 8.50. The van der Waals surface area contributed by atoms with Crippen molar-refractivity contribution in [3.05, 3.63) is 87.8 Å². The maximum absolute atomic E-state index is 13.0. The Bertz CT molecular complexity index is 1190. The average Bonchev–Trinajstić information content (AvgIpc) is 2.70. The monoisotopic (exact) mass is 417 g/mol. The Labute approximate surface area is 166 Å². The molecule has 2 aromatic carbocycles. The molecule has 1 N–H and O–H groups in total. The number of aliphatic hydroxyl groups excluding tert-OH is 1. The molecule has 6 nitrogen and oxygen atoms in total. The zero-order valence-corrected chi connectivity index (χ0v) is 16.1. The molecule has 0 amide bonds. The van der Waals surface area contributed by atoms with Crippen LogP contribution in [0, 0.1) is 0 Å². The Morgan fingerprint density at radius 1 is 1.04 bits per heavy atom. The Kier molecular flexibility index (Phi) is 4.74. The van der Waals surface area contributed by atoms with Crippen molar-refractivity contribution in [1.29, 1.82) is 0 Å². The number of fused-ring (bicyclic) bond motifs is 1. The van der Waals surface area contributed by atoms with Crippen LogP contribution < -0.4 is 10.3 Å². The van der Waals surface area contributed by atoms with Crippen molar-refractivity contribution in [2.75, 3.05) is 6.61 Å². The standard InChI is InChI=1S/C20H16ClNO5S/c21-13-6-9-19(24)22(11-13)20-16-10-15(7-8-18(16)27-12-17(20)23)28(25,26)14-4-2-1-3-5-14/h1-11,17,20,23H,12H2/t17-,20-/m0/s1. The highest BCUT2D eigenvalue weighted by Gasteiger charge is 2.33. The third-order valence-corrected chi connectivity index (χ3v) is 6.63. The van der Waals surface area contributed by atoms with E-state index in [0.717, 1.165) is 0 Å². The fourth-order valence-corrected chi connectivity index (χ4v) is 4.78. The van der Waals surface area contributed by atoms with E-state index in [4.69, 9.17) is 16.3 Å². The second-order valence-corrected chi connectivity index (χ2v) is 8.82. The van der Waals surface area contributed by atoms with Gasteiger partial charge in [-0.05, 0) is 36.4 Å². The normalized spacial score (nSPS) is 18.9. The van der Waals surface area contributed by atoms with Gasteiger partial charge in [-0.25, -0.2) is 8.42 Å². The van der Waals surface area contributed by atoms with Crippen LogP contribution in [0.15, 0.2) is 81.4 Å². The van der Waals surface area contributed by atoms with Crippen LogP contribution in [0.5, 0.6) is 5.75 Å². The number of rotatable bonds is 3. The molecule has 4 rings (SSSR count). The zero-order valence-electron chi connectivity index (χ0n) is 14.5. The number of aromatic nitrogens is 1. The van der Waals surface area contributed by atoms with Gasteiger partial charge < -0.3 is 14.4 Å². The summed E-state index contributed by atoms with van der Waals surface area (Å²) in [5, 5.41) is 10.8. The lowest BCUT2D eigenvalue weighted by Crippen LogP contribution is -2.39. The van der Waals surface area contributed by atoms with Gasteiger partial charge in [0.05, 0.1) is 20.9 Å². The van der Waals surface area contributed by atoms with Crippen LogP contribution in [0.1, 0.15) is 11.6 Å². The highest BCUT2D eigenvalue weighted by molar-refractivity contribution is 7.91. The van der Waals surface area contributed by atoms with Crippen LogP contribution in [-0.2, 0) is 9.84 Å². The van der Waals surface area contributed by atoms with Crippen molar-refractivity contribution < 1.29 is 18.3 Å². The van der Waals surface area contributed by atoms with Crippen molar-refractivity contribution in [2.45, 2.75) is 21.9 Å². The Hall–Kier alpha value is -2.61. The van der Waals surface area contributed by atoms with Crippen LogP contribution in [0.2, 0.25) is 5.02 Å². The number of ether oxygens (including phenoxy) is 1. The molecule has 3 aromatic rings. The van der Waals surface area contributed by atoms with Gasteiger partial charge in [0.15, 0.2) is 0 Å². The fourth-order valence-electron chi connectivity index (χ4n) is 3.29. The van der Waals surface area contributed by atoms with Crippen molar-refractivity contribution >= 4 is 21.4 Å². The maximum atomic E-state index is 13.0. The van der Waals surface area contributed by atoms with Gasteiger partial charge in [0.25, 0.3) is 5.56 Å². The predicted octanol–water partition coefficient (Wildman–Crippen LogP) is 2.68. The SMILES string of the molecule is O=c1ccc(Cl)cn1[C@H]1c2cc(S(=O)(=O)c3ccccc3)ccc2OC[C@@H]1O. The van der Waals surface area contributed by atoms with Crippen molar-refractivity contribution in [3.8, 4) is 5.75 Å². The summed E-state index contributed by atoms with van der Waals surface area (Å²) in [4.78, 5) is 12.6. The van der Waals surface area contributed by atoms with E-state index in [2.05, 4.69) is 0 Å². The molecule has 1 aliphatic rings. The van der Waals surface area contributed by atoms with Crippen molar-refractivity contribution in [3.63, 3.8) is 0 Å². The fraction of sp³-hybridized carbons (Fsp3) is 0.150. The molecule has 0 aliphatic carbocycles. The molecule has 0 fully saturated rings. The van der Waals surface area contributed by atoms with Gasteiger partial charge in [0.1, 0.15) is 18.5 Å². The number of benzene rings is 2. The van der Waals surface area contributed by atoms with E-state index in [9.17, 15) is 18.3 Å². The molecule has 0 radical (unpaired) electrons. The summed E-state index contributed by atoms with van der Waals surface area (Å²) in [5.74, 6) is 0.411. The molecule has 1 aromatic heterocycles. The molecule has 0 bridgehead atoms. The van der Waals surface area contributed by atoms with Crippen LogP contribution in [0.4, 0.5) is 0 Å². The van der Waals surface area contributed by atoms with E-state index in [1.165, 1.54) is 47.2 Å². The molecule has 144 valence electrons. The molecule has 0 spiro atoms. The quantitative estimate of drug-likeness (QED) is 0.708. The minimum Gasteiger partial charge on any atom is -0.490 e. The molecular formula is C20H16ClNO5S. The van der Waals surface area contributed by atoms with Crippen LogP contribution in [0.25, 0.3) is 0 Å². The molecule has 2 heterocycles. The minimum absolute atomic E-state index is 0.0264. The number of aliphatic hydroxyl groups is 1. The summed E-state index contributed by atoms with van der Waals surface area (Å²) >= 11 is 6.03. The largest absolute Gasteiger partial charge is 0.490 e. The molecular weight excluding hydrogens is 402 g/mol. The van der Waals surface area contributed by atoms with E-state index in [1.807, 2.05) is 0 Å². The Balaban J connectivity index is 1.89. The summed E-state index contributed by atoms with van der Waals surface area (Å²) in [5.41, 5.74) is 0.0396. The molecule has 0 saturated carbocycles. The summed E-state index contributed by atoms with van der Waals surface area (Å²) in [6.45, 7) is -0.0264. The number of pyridine rings is 1. The number of hydrogen-bond acceptors (Lipinski definition) is 5. The molecule has 28 heavy (non-hydrogen) atoms. The van der Waals surface area contributed by atoms with Crippen LogP contribution in [0.3, 0.4) is 0 Å². The van der Waals surface area contributed by atoms with E-state index in [-0.39, 0.29) is 22.0 Å². The Morgan fingerprint density at radius 2 is 1.79 bits per heavy atom. The number of hydrogen-bond donors (Lipinski definition) is 1. The number of nitrogens with zero attached hydrogens (tertiary/aromatic N) is 1. The van der Waals surface area contributed by atoms with Gasteiger partial charge in [-0.3, -0.25) is 4.79 Å². The maximum Gasteiger partial charge on any atom is 0.251 e. The lowest BCUT2D eigenvalue weighted by molar-refractivity contribution is 0.0556. The van der Waals surface area contributed by atoms with Crippen LogP contribution in [-0.4, -0.2) is 30.8 Å². The lowest BCUT2D eigenvalue weighted by Gasteiger charge is -2.32. The molecule has 1 aliphatic heterocycles. The van der Waals surface area contributed by atoms with Gasteiger partial charge in [-0.1, -0.05) is 29.8 Å². The molecule has 0 unspecified atom stereocenters. The van der Waals surface area contributed by atoms with Gasteiger partial charge in [0, 0.05) is 17.8 Å². The first-order valence-corrected chi connectivity index (χ1v) is 10.4. The topological polar surface area (TPSA) is 85.6 Å². The molecule has 0 saturated heterocycles. The average molecular weight is 418 g/mol. The van der Waals surface area contributed by atoms with E-state index < -0.39 is 22.0 Å². The Morgan fingerprint density at radius 3 is 2.54 bits per heavy atom. The van der Waals surface area contributed by atoms with E-state index in [1.54, 1.807) is 24.3 Å². The lowest BCUT2D eigenvalue weighted by atomic mass is 9.98. The first-order chi connectivity index (χ1) is 13.4. The zero-order chi connectivity index (χ0) is 19.9. The van der Waals surface area contributed by atoms with Crippen LogP contribution >= 0.6 is 11.6 Å². The second-order valence-electron chi connectivity index (χ2n) is 6.43. The van der Waals surface area contributed by atoms with E-state index in [0.29, 0.717) is 16.3 Å².